The molecule has 0 saturated carbocycles. The number of fused-ring (bicyclic) bond motifs is 1. The van der Waals surface area contributed by atoms with Crippen LogP contribution >= 0.6 is 15.6 Å². The van der Waals surface area contributed by atoms with Gasteiger partial charge in [-0.15, -0.1) is 0 Å². The molecular weight excluding hydrogens is 488 g/mol. The summed E-state index contributed by atoms with van der Waals surface area (Å²) in [6.45, 7) is 1.04. The topological polar surface area (TPSA) is 247 Å². The van der Waals surface area contributed by atoms with Crippen molar-refractivity contribution < 1.29 is 52.7 Å². The number of imidazole rings is 1. The van der Waals surface area contributed by atoms with Gasteiger partial charge in [0.25, 0.3) is 7.82 Å². The van der Waals surface area contributed by atoms with Crippen LogP contribution in [0.2, 0.25) is 0 Å². The van der Waals surface area contributed by atoms with E-state index in [-0.39, 0.29) is 12.3 Å². The van der Waals surface area contributed by atoms with Gasteiger partial charge in [0.2, 0.25) is 0 Å². The first-order valence-electron chi connectivity index (χ1n) is 9.30. The minimum Gasteiger partial charge on any atom is -0.790 e. The number of anilines is 1. The standard InChI is InChI=1S/C15H23N5O11P2/c1-8(4-21)2-3-16-13-10-14(18-6-17-13)20(7-19-10)15-12(23)11(22)9(30-15)5-29-33(27,28)31-32(24,25)26/h2,6-7,9,11-12,15,21-23H,3-5H2,1H3,(H,27,28)(H,16,17,18)(H2,24,25,26)/p-3/b8-2+. The summed E-state index contributed by atoms with van der Waals surface area (Å²) in [5.74, 6) is 0.345. The van der Waals surface area contributed by atoms with Crippen LogP contribution < -0.4 is 20.0 Å². The second-order valence-electron chi connectivity index (χ2n) is 6.95. The zero-order valence-electron chi connectivity index (χ0n) is 17.0. The fourth-order valence-electron chi connectivity index (χ4n) is 2.96. The molecule has 1 saturated heterocycles. The zero-order chi connectivity index (χ0) is 24.4. The number of rotatable bonds is 10. The lowest BCUT2D eigenvalue weighted by atomic mass is 10.1. The molecule has 33 heavy (non-hydrogen) atoms. The van der Waals surface area contributed by atoms with Crippen molar-refractivity contribution in [3.05, 3.63) is 24.3 Å². The Kier molecular flexibility index (Phi) is 7.99. The lowest BCUT2D eigenvalue weighted by Gasteiger charge is -2.35. The van der Waals surface area contributed by atoms with Crippen molar-refractivity contribution in [2.75, 3.05) is 25.1 Å². The van der Waals surface area contributed by atoms with Crippen molar-refractivity contribution in [1.82, 2.24) is 19.5 Å². The molecule has 0 amide bonds. The number of aliphatic hydroxyl groups excluding tert-OH is 3. The maximum absolute atomic E-state index is 11.4. The summed E-state index contributed by atoms with van der Waals surface area (Å²) in [5, 5.41) is 32.6. The average Bonchev–Trinajstić information content (AvgIpc) is 3.27. The fraction of sp³-hybridized carbons (Fsp3) is 0.533. The quantitative estimate of drug-likeness (QED) is 0.186. The number of aromatic nitrogens is 4. The molecule has 0 aliphatic carbocycles. The highest BCUT2D eigenvalue weighted by molar-refractivity contribution is 7.58. The van der Waals surface area contributed by atoms with E-state index in [9.17, 15) is 34.0 Å². The Morgan fingerprint density at radius 3 is 2.67 bits per heavy atom. The molecule has 3 heterocycles. The first-order valence-corrected chi connectivity index (χ1v) is 12.2. The molecular formula is C15H20N5O11P2-3. The van der Waals surface area contributed by atoms with Crippen LogP contribution in [0.5, 0.6) is 0 Å². The number of phosphoric ester groups is 1. The van der Waals surface area contributed by atoms with Gasteiger partial charge in [0.1, 0.15) is 24.6 Å². The summed E-state index contributed by atoms with van der Waals surface area (Å²) in [6.07, 6.45) is -1.70. The predicted octanol–water partition coefficient (Wildman–Crippen LogP) is -2.87. The van der Waals surface area contributed by atoms with Gasteiger partial charge in [-0.1, -0.05) is 11.6 Å². The van der Waals surface area contributed by atoms with Crippen LogP contribution in [0.3, 0.4) is 0 Å². The van der Waals surface area contributed by atoms with Crippen molar-refractivity contribution in [3.8, 4) is 0 Å². The van der Waals surface area contributed by atoms with Gasteiger partial charge >= 0.3 is 0 Å². The van der Waals surface area contributed by atoms with E-state index in [0.717, 1.165) is 5.57 Å². The highest BCUT2D eigenvalue weighted by atomic mass is 31.3. The first kappa shape index (κ1) is 25.8. The van der Waals surface area contributed by atoms with Gasteiger partial charge in [-0.05, 0) is 6.92 Å². The van der Waals surface area contributed by atoms with Crippen LogP contribution in [-0.2, 0) is 22.7 Å². The van der Waals surface area contributed by atoms with Crippen LogP contribution in [0.1, 0.15) is 13.2 Å². The summed E-state index contributed by atoms with van der Waals surface area (Å²) < 4.78 is 36.2. The van der Waals surface area contributed by atoms with Gasteiger partial charge in [-0.25, -0.2) is 15.0 Å². The first-order chi connectivity index (χ1) is 15.4. The van der Waals surface area contributed by atoms with E-state index >= 15 is 0 Å². The SMILES string of the molecule is C/C(=C\CNc1ncnc2c1ncn2C1OC(COP(=O)([O-])OP(=O)([O-])[O-])C(O)C1O)CO. The Morgan fingerprint density at radius 2 is 2.00 bits per heavy atom. The monoisotopic (exact) mass is 508 g/mol. The Balaban J connectivity index is 1.74. The largest absolute Gasteiger partial charge is 0.790 e. The van der Waals surface area contributed by atoms with Gasteiger partial charge in [0.15, 0.2) is 23.2 Å². The molecule has 0 aromatic carbocycles. The Morgan fingerprint density at radius 1 is 1.27 bits per heavy atom. The van der Waals surface area contributed by atoms with Crippen LogP contribution in [-0.4, -0.2) is 72.9 Å². The molecule has 0 bridgehead atoms. The molecule has 3 rings (SSSR count). The Bertz CT molecular complexity index is 1110. The molecule has 1 fully saturated rings. The second-order valence-corrected chi connectivity index (χ2v) is 9.65. The van der Waals surface area contributed by atoms with Crippen molar-refractivity contribution in [3.63, 3.8) is 0 Å². The third-order valence-electron chi connectivity index (χ3n) is 4.54. The predicted molar refractivity (Wildman–Crippen MR) is 103 cm³/mol. The molecule has 0 spiro atoms. The third kappa shape index (κ3) is 6.41. The smallest absolute Gasteiger partial charge is 0.271 e. The average molecular weight is 508 g/mol. The summed E-state index contributed by atoms with van der Waals surface area (Å²) in [4.78, 5) is 44.7. The van der Waals surface area contributed by atoms with E-state index in [1.807, 2.05) is 0 Å². The highest BCUT2D eigenvalue weighted by Crippen LogP contribution is 2.50. The van der Waals surface area contributed by atoms with E-state index in [1.54, 1.807) is 13.0 Å². The minimum absolute atomic E-state index is 0.0966. The number of phosphoric acid groups is 2. The van der Waals surface area contributed by atoms with Crippen molar-refractivity contribution >= 4 is 32.6 Å². The van der Waals surface area contributed by atoms with Gasteiger partial charge in [0.05, 0.1) is 27.4 Å². The van der Waals surface area contributed by atoms with Gasteiger partial charge in [0, 0.05) is 6.54 Å². The van der Waals surface area contributed by atoms with E-state index in [4.69, 9.17) is 9.84 Å². The molecule has 2 aromatic rings. The van der Waals surface area contributed by atoms with Crippen LogP contribution in [0.25, 0.3) is 11.2 Å². The summed E-state index contributed by atoms with van der Waals surface area (Å²) >= 11 is 0. The molecule has 2 aromatic heterocycles. The Labute approximate surface area is 186 Å². The Hall–Kier alpha value is -1.81. The van der Waals surface area contributed by atoms with Gasteiger partial charge < -0.3 is 49.1 Å². The zero-order valence-corrected chi connectivity index (χ0v) is 18.7. The fourth-order valence-corrected chi connectivity index (χ4v) is 4.46. The van der Waals surface area contributed by atoms with Gasteiger partial charge in [-0.3, -0.25) is 13.4 Å². The molecule has 0 radical (unpaired) electrons. The van der Waals surface area contributed by atoms with Crippen molar-refractivity contribution in [2.24, 2.45) is 0 Å². The lowest BCUT2D eigenvalue weighted by molar-refractivity contribution is -0.339. The summed E-state index contributed by atoms with van der Waals surface area (Å²) in [6, 6.07) is 0. The number of nitrogens with zero attached hydrogens (tertiary/aromatic N) is 4. The number of hydrogen-bond acceptors (Lipinski definition) is 15. The van der Waals surface area contributed by atoms with Crippen LogP contribution in [0, 0.1) is 0 Å². The molecule has 5 unspecified atom stereocenters. The summed E-state index contributed by atoms with van der Waals surface area (Å²) in [7, 11) is -11.4. The van der Waals surface area contributed by atoms with Crippen LogP contribution in [0.4, 0.5) is 5.82 Å². The molecule has 18 heteroatoms. The maximum Gasteiger partial charge on any atom is 0.271 e. The van der Waals surface area contributed by atoms with E-state index < -0.39 is 46.8 Å². The second kappa shape index (κ2) is 10.2. The molecule has 1 aliphatic rings. The van der Waals surface area contributed by atoms with E-state index in [2.05, 4.69) is 29.1 Å². The molecule has 1 aliphatic heterocycles. The molecule has 4 N–H and O–H groups in total. The summed E-state index contributed by atoms with van der Waals surface area (Å²) in [5.41, 5.74) is 1.26. The minimum atomic E-state index is -5.88. The number of aliphatic hydroxyl groups is 3. The van der Waals surface area contributed by atoms with Crippen LogP contribution in [0.15, 0.2) is 24.3 Å². The third-order valence-corrected chi connectivity index (χ3v) is 6.60. The maximum atomic E-state index is 11.4. The molecule has 16 nitrogen and oxygen atoms in total. The number of nitrogens with one attached hydrogen (secondary N) is 1. The molecule has 5 atom stereocenters. The lowest BCUT2D eigenvalue weighted by Crippen LogP contribution is -2.34. The van der Waals surface area contributed by atoms with Crippen molar-refractivity contribution in [2.45, 2.75) is 31.5 Å². The molecule has 184 valence electrons. The number of ether oxygens (including phenoxy) is 1. The van der Waals surface area contributed by atoms with E-state index in [1.165, 1.54) is 17.2 Å². The highest BCUT2D eigenvalue weighted by Gasteiger charge is 2.45. The normalized spacial score (nSPS) is 26.0. The number of hydrogen-bond donors (Lipinski definition) is 4. The van der Waals surface area contributed by atoms with Crippen molar-refractivity contribution in [1.29, 1.82) is 0 Å². The van der Waals surface area contributed by atoms with E-state index in [0.29, 0.717) is 17.9 Å². The van der Waals surface area contributed by atoms with Gasteiger partial charge in [-0.2, -0.15) is 0 Å².